The van der Waals surface area contributed by atoms with Gasteiger partial charge in [0.1, 0.15) is 5.70 Å². The van der Waals surface area contributed by atoms with Gasteiger partial charge in [0.25, 0.3) is 0 Å². The maximum atomic E-state index is 12.3. The van der Waals surface area contributed by atoms with E-state index in [1.807, 2.05) is 6.92 Å². The number of carbonyl (C=O) groups is 3. The van der Waals surface area contributed by atoms with Crippen LogP contribution in [0.3, 0.4) is 0 Å². The highest BCUT2D eigenvalue weighted by molar-refractivity contribution is 8.03. The SMILES string of the molecule is CC(O)C1C(=O)N2C(C(=O)O)=C(SC3CCN(C(N)=O)C3)C(C)[C@H]12. The largest absolute Gasteiger partial charge is 0.477 e. The normalized spacial score (nSPS) is 33.5. The third-order valence-electron chi connectivity index (χ3n) is 5.06. The van der Waals surface area contributed by atoms with Crippen molar-refractivity contribution >= 4 is 29.7 Å². The Morgan fingerprint density at radius 1 is 1.42 bits per heavy atom. The number of carbonyl (C=O) groups excluding carboxylic acids is 2. The summed E-state index contributed by atoms with van der Waals surface area (Å²) in [4.78, 5) is 38.7. The Morgan fingerprint density at radius 3 is 2.58 bits per heavy atom. The quantitative estimate of drug-likeness (QED) is 0.611. The van der Waals surface area contributed by atoms with Crippen LogP contribution in [0.1, 0.15) is 20.3 Å². The molecule has 3 aliphatic rings. The summed E-state index contributed by atoms with van der Waals surface area (Å²) in [5.41, 5.74) is 5.31. The third kappa shape index (κ3) is 2.46. The summed E-state index contributed by atoms with van der Waals surface area (Å²) >= 11 is 1.42. The van der Waals surface area contributed by atoms with Gasteiger partial charge in [0.05, 0.1) is 18.1 Å². The maximum Gasteiger partial charge on any atom is 0.353 e. The summed E-state index contributed by atoms with van der Waals surface area (Å²) in [6.07, 6.45) is -0.0766. The van der Waals surface area contributed by atoms with E-state index in [0.717, 1.165) is 6.42 Å². The number of aliphatic hydroxyl groups excluding tert-OH is 1. The molecule has 3 aliphatic heterocycles. The number of fused-ring (bicyclic) bond motifs is 1. The Morgan fingerprint density at radius 2 is 2.08 bits per heavy atom. The molecule has 0 spiro atoms. The van der Waals surface area contributed by atoms with Crippen molar-refractivity contribution in [3.05, 3.63) is 10.6 Å². The van der Waals surface area contributed by atoms with Gasteiger partial charge in [-0.3, -0.25) is 4.79 Å². The smallest absolute Gasteiger partial charge is 0.353 e. The first kappa shape index (κ1) is 17.1. The second-order valence-corrected chi connectivity index (χ2v) is 7.93. The summed E-state index contributed by atoms with van der Waals surface area (Å²) in [6.45, 7) is 4.47. The van der Waals surface area contributed by atoms with Gasteiger partial charge in [-0.05, 0) is 13.3 Å². The highest BCUT2D eigenvalue weighted by atomic mass is 32.2. The molecule has 3 rings (SSSR count). The van der Waals surface area contributed by atoms with Crippen molar-refractivity contribution in [1.82, 2.24) is 9.80 Å². The Bertz CT molecular complexity index is 635. The van der Waals surface area contributed by atoms with E-state index >= 15 is 0 Å². The number of amides is 3. The van der Waals surface area contributed by atoms with Crippen LogP contribution in [0.25, 0.3) is 0 Å². The first-order valence-electron chi connectivity index (χ1n) is 7.93. The Kier molecular flexibility index (Phi) is 4.25. The fourth-order valence-corrected chi connectivity index (χ4v) is 5.37. The van der Waals surface area contributed by atoms with Crippen molar-refractivity contribution in [3.63, 3.8) is 0 Å². The lowest BCUT2D eigenvalue weighted by atomic mass is 9.79. The number of aliphatic hydroxyl groups is 1. The molecule has 0 bridgehead atoms. The topological polar surface area (TPSA) is 124 Å². The van der Waals surface area contributed by atoms with Gasteiger partial charge >= 0.3 is 12.0 Å². The van der Waals surface area contributed by atoms with E-state index in [2.05, 4.69) is 0 Å². The zero-order chi connectivity index (χ0) is 17.8. The molecule has 0 aromatic heterocycles. The lowest BCUT2D eigenvalue weighted by molar-refractivity contribution is -0.163. The van der Waals surface area contributed by atoms with Crippen LogP contribution in [0.2, 0.25) is 0 Å². The molecule has 0 aliphatic carbocycles. The molecule has 0 aromatic carbocycles. The van der Waals surface area contributed by atoms with Crippen molar-refractivity contribution in [2.24, 2.45) is 17.6 Å². The van der Waals surface area contributed by atoms with E-state index in [9.17, 15) is 24.6 Å². The number of rotatable bonds is 4. The maximum absolute atomic E-state index is 12.3. The molecule has 24 heavy (non-hydrogen) atoms. The molecule has 9 heteroatoms. The predicted molar refractivity (Wildman–Crippen MR) is 86.8 cm³/mol. The average molecular weight is 355 g/mol. The van der Waals surface area contributed by atoms with Gasteiger partial charge in [0.15, 0.2) is 0 Å². The molecule has 2 saturated heterocycles. The van der Waals surface area contributed by atoms with E-state index in [0.29, 0.717) is 18.0 Å². The molecule has 132 valence electrons. The van der Waals surface area contributed by atoms with Gasteiger partial charge in [-0.1, -0.05) is 6.92 Å². The summed E-state index contributed by atoms with van der Waals surface area (Å²) in [5, 5.41) is 19.4. The first-order valence-corrected chi connectivity index (χ1v) is 8.81. The molecule has 0 aromatic rings. The highest BCUT2D eigenvalue weighted by Gasteiger charge is 2.60. The fourth-order valence-electron chi connectivity index (χ4n) is 3.88. The number of nitrogens with zero attached hydrogens (tertiary/aromatic N) is 2. The van der Waals surface area contributed by atoms with Crippen molar-refractivity contribution in [1.29, 1.82) is 0 Å². The predicted octanol–water partition coefficient (Wildman–Crippen LogP) is 0.0263. The highest BCUT2D eigenvalue weighted by Crippen LogP contribution is 2.51. The molecular weight excluding hydrogens is 334 g/mol. The molecule has 5 atom stereocenters. The average Bonchev–Trinajstić information content (AvgIpc) is 3.03. The zero-order valence-corrected chi connectivity index (χ0v) is 14.3. The van der Waals surface area contributed by atoms with Crippen LogP contribution in [-0.4, -0.2) is 68.4 Å². The molecule has 8 nitrogen and oxygen atoms in total. The monoisotopic (exact) mass is 355 g/mol. The van der Waals surface area contributed by atoms with Gasteiger partial charge in [-0.15, -0.1) is 11.8 Å². The Hall–Kier alpha value is -1.74. The van der Waals surface area contributed by atoms with Gasteiger partial charge in [0, 0.05) is 29.2 Å². The number of primary amides is 1. The van der Waals surface area contributed by atoms with Crippen molar-refractivity contribution in [2.45, 2.75) is 37.7 Å². The number of carboxylic acids is 1. The summed E-state index contributed by atoms with van der Waals surface area (Å²) in [6, 6.07) is -0.780. The number of thioether (sulfide) groups is 1. The molecule has 2 fully saturated rings. The summed E-state index contributed by atoms with van der Waals surface area (Å²) in [5.74, 6) is -2.17. The lowest BCUT2D eigenvalue weighted by Crippen LogP contribution is -2.63. The summed E-state index contributed by atoms with van der Waals surface area (Å²) in [7, 11) is 0. The number of carboxylic acid groups (broad SMARTS) is 1. The van der Waals surface area contributed by atoms with Gasteiger partial charge in [-0.2, -0.15) is 0 Å². The second kappa shape index (κ2) is 5.96. The van der Waals surface area contributed by atoms with Crippen LogP contribution in [-0.2, 0) is 9.59 Å². The number of hydrogen-bond acceptors (Lipinski definition) is 5. The second-order valence-electron chi connectivity index (χ2n) is 6.58. The van der Waals surface area contributed by atoms with Crippen LogP contribution >= 0.6 is 11.8 Å². The van der Waals surface area contributed by atoms with Crippen LogP contribution in [0, 0.1) is 11.8 Å². The molecule has 0 saturated carbocycles. The van der Waals surface area contributed by atoms with Crippen molar-refractivity contribution < 1.29 is 24.6 Å². The fraction of sp³-hybridized carbons (Fsp3) is 0.667. The van der Waals surface area contributed by atoms with Crippen molar-refractivity contribution in [2.75, 3.05) is 13.1 Å². The number of urea groups is 1. The van der Waals surface area contributed by atoms with E-state index in [4.69, 9.17) is 5.73 Å². The van der Waals surface area contributed by atoms with Gasteiger partial charge in [-0.25, -0.2) is 9.59 Å². The van der Waals surface area contributed by atoms with Gasteiger partial charge in [0.2, 0.25) is 5.91 Å². The van der Waals surface area contributed by atoms with E-state index < -0.39 is 24.0 Å². The Labute approximate surface area is 143 Å². The zero-order valence-electron chi connectivity index (χ0n) is 13.5. The minimum absolute atomic E-state index is 0.0249. The van der Waals surface area contributed by atoms with E-state index in [1.165, 1.54) is 21.6 Å². The number of hydrogen-bond donors (Lipinski definition) is 3. The van der Waals surface area contributed by atoms with Crippen LogP contribution < -0.4 is 5.73 Å². The minimum atomic E-state index is -1.13. The molecular formula is C15H21N3O5S. The number of β-lactam (4-membered cyclic amide) rings is 1. The van der Waals surface area contributed by atoms with Gasteiger partial charge < -0.3 is 25.7 Å². The third-order valence-corrected chi connectivity index (χ3v) is 6.60. The van der Waals surface area contributed by atoms with E-state index in [-0.39, 0.29) is 28.8 Å². The van der Waals surface area contributed by atoms with E-state index in [1.54, 1.807) is 6.92 Å². The first-order chi connectivity index (χ1) is 11.2. The molecule has 4 unspecified atom stereocenters. The number of likely N-dealkylation sites (tertiary alicyclic amines) is 1. The Balaban J connectivity index is 1.83. The number of nitrogens with two attached hydrogens (primary N) is 1. The van der Waals surface area contributed by atoms with Crippen LogP contribution in [0.15, 0.2) is 10.6 Å². The molecule has 3 amide bonds. The standard InChI is InChI=1S/C15H21N3O5S/c1-6-10-9(7(2)19)13(20)18(10)11(14(21)22)12(6)24-8-3-4-17(5-8)15(16)23/h6-10,19H,3-5H2,1-2H3,(H2,16,23)(H,21,22)/t6?,7?,8?,9?,10-/m1/s1. The minimum Gasteiger partial charge on any atom is -0.477 e. The number of aliphatic carboxylic acids is 1. The van der Waals surface area contributed by atoms with Crippen molar-refractivity contribution in [3.8, 4) is 0 Å². The molecule has 4 N–H and O–H groups in total. The van der Waals surface area contributed by atoms with Crippen LogP contribution in [0.5, 0.6) is 0 Å². The summed E-state index contributed by atoms with van der Waals surface area (Å²) < 4.78 is 0. The van der Waals surface area contributed by atoms with Crippen LogP contribution in [0.4, 0.5) is 4.79 Å². The molecule has 3 heterocycles. The lowest BCUT2D eigenvalue weighted by Gasteiger charge is -2.46. The molecule has 0 radical (unpaired) electrons.